The van der Waals surface area contributed by atoms with Crippen LogP contribution in [-0.2, 0) is 12.2 Å². The van der Waals surface area contributed by atoms with E-state index in [9.17, 15) is 0 Å². The Morgan fingerprint density at radius 3 is 3.17 bits per heavy atom. The van der Waals surface area contributed by atoms with Crippen LogP contribution in [0.2, 0.25) is 0 Å². The van der Waals surface area contributed by atoms with Crippen molar-refractivity contribution in [1.82, 2.24) is 10.5 Å². The van der Waals surface area contributed by atoms with Crippen molar-refractivity contribution in [3.63, 3.8) is 0 Å². The first-order valence-corrected chi connectivity index (χ1v) is 7.23. The van der Waals surface area contributed by atoms with Crippen LogP contribution < -0.4 is 5.32 Å². The molecule has 0 unspecified atom stereocenters. The van der Waals surface area contributed by atoms with E-state index < -0.39 is 0 Å². The molecule has 1 N–H and O–H groups in total. The molecule has 2 aromatic rings. The number of aryl methyl sites for hydroxylation is 1. The molecule has 94 valence electrons. The standard InChI is InChI=1S/C14H16N2OS/c1-15-8-4-6-12-11-9-18-13-7-3-2-5-10(13)14(11)17-16-12/h2-3,5,7,15H,4,6,8-9H2,1H3. The molecule has 0 radical (unpaired) electrons. The van der Waals surface area contributed by atoms with E-state index in [0.717, 1.165) is 36.6 Å². The van der Waals surface area contributed by atoms with E-state index in [1.807, 2.05) is 18.8 Å². The molecule has 1 aromatic carbocycles. The Balaban J connectivity index is 1.90. The largest absolute Gasteiger partial charge is 0.356 e. The second kappa shape index (κ2) is 5.16. The fraction of sp³-hybridized carbons (Fsp3) is 0.357. The minimum absolute atomic E-state index is 0.976. The van der Waals surface area contributed by atoms with E-state index in [0.29, 0.717) is 0 Å². The number of aromatic nitrogens is 1. The lowest BCUT2D eigenvalue weighted by Crippen LogP contribution is -2.09. The lowest BCUT2D eigenvalue weighted by atomic mass is 10.1. The topological polar surface area (TPSA) is 38.1 Å². The number of hydrogen-bond donors (Lipinski definition) is 1. The maximum absolute atomic E-state index is 5.56. The van der Waals surface area contributed by atoms with Crippen LogP contribution in [0.15, 0.2) is 33.7 Å². The van der Waals surface area contributed by atoms with E-state index in [-0.39, 0.29) is 0 Å². The van der Waals surface area contributed by atoms with Crippen LogP contribution >= 0.6 is 11.8 Å². The van der Waals surface area contributed by atoms with Crippen molar-refractivity contribution < 1.29 is 4.52 Å². The third-order valence-electron chi connectivity index (χ3n) is 3.21. The van der Waals surface area contributed by atoms with E-state index in [1.165, 1.54) is 16.0 Å². The number of benzene rings is 1. The lowest BCUT2D eigenvalue weighted by Gasteiger charge is -2.13. The maximum Gasteiger partial charge on any atom is 0.172 e. The molecule has 4 heteroatoms. The quantitative estimate of drug-likeness (QED) is 0.857. The summed E-state index contributed by atoms with van der Waals surface area (Å²) >= 11 is 1.87. The highest BCUT2D eigenvalue weighted by atomic mass is 32.2. The van der Waals surface area contributed by atoms with Crippen molar-refractivity contribution in [2.45, 2.75) is 23.5 Å². The molecule has 0 aliphatic carbocycles. The van der Waals surface area contributed by atoms with E-state index in [4.69, 9.17) is 4.52 Å². The van der Waals surface area contributed by atoms with Gasteiger partial charge in [0.25, 0.3) is 0 Å². The third-order valence-corrected chi connectivity index (χ3v) is 4.31. The lowest BCUT2D eigenvalue weighted by molar-refractivity contribution is 0.421. The zero-order valence-corrected chi connectivity index (χ0v) is 11.2. The Hall–Kier alpha value is -1.26. The summed E-state index contributed by atoms with van der Waals surface area (Å²) in [6, 6.07) is 8.38. The molecule has 0 bridgehead atoms. The fourth-order valence-electron chi connectivity index (χ4n) is 2.26. The smallest absolute Gasteiger partial charge is 0.172 e. The highest BCUT2D eigenvalue weighted by Crippen LogP contribution is 2.42. The van der Waals surface area contributed by atoms with E-state index >= 15 is 0 Å². The number of nitrogens with zero attached hydrogens (tertiary/aromatic N) is 1. The van der Waals surface area contributed by atoms with Crippen LogP contribution in [0, 0.1) is 0 Å². The summed E-state index contributed by atoms with van der Waals surface area (Å²) < 4.78 is 5.56. The average Bonchev–Trinajstić information content (AvgIpc) is 2.83. The molecule has 0 saturated carbocycles. The van der Waals surface area contributed by atoms with Crippen molar-refractivity contribution >= 4 is 11.8 Å². The van der Waals surface area contributed by atoms with Crippen LogP contribution in [0.1, 0.15) is 17.7 Å². The number of rotatable bonds is 4. The maximum atomic E-state index is 5.56. The summed E-state index contributed by atoms with van der Waals surface area (Å²) in [6.07, 6.45) is 2.09. The fourth-order valence-corrected chi connectivity index (χ4v) is 3.35. The molecule has 0 atom stereocenters. The molecule has 18 heavy (non-hydrogen) atoms. The van der Waals surface area contributed by atoms with Crippen molar-refractivity contribution in [3.05, 3.63) is 35.5 Å². The Morgan fingerprint density at radius 2 is 2.28 bits per heavy atom. The average molecular weight is 260 g/mol. The molecule has 1 aliphatic rings. The molecule has 0 saturated heterocycles. The minimum atomic E-state index is 0.976. The zero-order chi connectivity index (χ0) is 12.4. The third kappa shape index (κ3) is 2.06. The molecule has 1 aromatic heterocycles. The van der Waals surface area contributed by atoms with Crippen LogP contribution in [0.4, 0.5) is 0 Å². The molecule has 3 nitrogen and oxygen atoms in total. The van der Waals surface area contributed by atoms with Gasteiger partial charge >= 0.3 is 0 Å². The Labute approximate surface area is 111 Å². The summed E-state index contributed by atoms with van der Waals surface area (Å²) in [5.41, 5.74) is 3.60. The number of fused-ring (bicyclic) bond motifs is 3. The van der Waals surface area contributed by atoms with E-state index in [2.05, 4.69) is 34.7 Å². The summed E-state index contributed by atoms with van der Waals surface area (Å²) in [4.78, 5) is 1.29. The molecule has 3 rings (SSSR count). The molecule has 0 spiro atoms. The first-order chi connectivity index (χ1) is 8.90. The van der Waals surface area contributed by atoms with Crippen molar-refractivity contribution in [2.24, 2.45) is 0 Å². The second-order valence-corrected chi connectivity index (χ2v) is 5.45. The van der Waals surface area contributed by atoms with Gasteiger partial charge in [0.05, 0.1) is 5.69 Å². The van der Waals surface area contributed by atoms with Gasteiger partial charge in [0.15, 0.2) is 5.76 Å². The Bertz CT molecular complexity index is 550. The minimum Gasteiger partial charge on any atom is -0.356 e. The van der Waals surface area contributed by atoms with Crippen molar-refractivity contribution in [2.75, 3.05) is 13.6 Å². The van der Waals surface area contributed by atoms with Crippen LogP contribution in [0.3, 0.4) is 0 Å². The normalized spacial score (nSPS) is 13.2. The molecule has 2 heterocycles. The molecule has 1 aliphatic heterocycles. The van der Waals surface area contributed by atoms with Gasteiger partial charge in [0, 0.05) is 21.8 Å². The molecular formula is C14H16N2OS. The zero-order valence-electron chi connectivity index (χ0n) is 10.4. The Kier molecular flexibility index (Phi) is 3.39. The predicted octanol–water partition coefficient (Wildman–Crippen LogP) is 3.10. The van der Waals surface area contributed by atoms with Gasteiger partial charge in [-0.25, -0.2) is 0 Å². The molecular weight excluding hydrogens is 244 g/mol. The van der Waals surface area contributed by atoms with Gasteiger partial charge in [-0.15, -0.1) is 11.8 Å². The van der Waals surface area contributed by atoms with Crippen molar-refractivity contribution in [1.29, 1.82) is 0 Å². The number of hydrogen-bond acceptors (Lipinski definition) is 4. The number of thioether (sulfide) groups is 1. The number of nitrogens with one attached hydrogen (secondary N) is 1. The monoisotopic (exact) mass is 260 g/mol. The Morgan fingerprint density at radius 1 is 1.39 bits per heavy atom. The summed E-state index contributed by atoms with van der Waals surface area (Å²) in [7, 11) is 1.98. The van der Waals surface area contributed by atoms with Gasteiger partial charge in [-0.3, -0.25) is 0 Å². The van der Waals surface area contributed by atoms with Gasteiger partial charge in [0.1, 0.15) is 0 Å². The summed E-state index contributed by atoms with van der Waals surface area (Å²) in [5.74, 6) is 1.95. The highest BCUT2D eigenvalue weighted by Gasteiger charge is 2.23. The first kappa shape index (κ1) is 11.8. The van der Waals surface area contributed by atoms with E-state index in [1.54, 1.807) is 0 Å². The predicted molar refractivity (Wildman–Crippen MR) is 73.7 cm³/mol. The first-order valence-electron chi connectivity index (χ1n) is 6.24. The van der Waals surface area contributed by atoms with Gasteiger partial charge in [-0.05, 0) is 38.6 Å². The summed E-state index contributed by atoms with van der Waals surface area (Å²) in [5, 5.41) is 7.41. The SMILES string of the molecule is CNCCCc1noc2c1CSc1ccccc1-2. The van der Waals surface area contributed by atoms with Gasteiger partial charge in [-0.1, -0.05) is 17.3 Å². The van der Waals surface area contributed by atoms with Gasteiger partial charge < -0.3 is 9.84 Å². The van der Waals surface area contributed by atoms with Crippen LogP contribution in [-0.4, -0.2) is 18.7 Å². The summed E-state index contributed by atoms with van der Waals surface area (Å²) in [6.45, 7) is 1.02. The van der Waals surface area contributed by atoms with Gasteiger partial charge in [0.2, 0.25) is 0 Å². The van der Waals surface area contributed by atoms with Gasteiger partial charge in [-0.2, -0.15) is 0 Å². The molecule has 0 amide bonds. The molecule has 0 fully saturated rings. The highest BCUT2D eigenvalue weighted by molar-refractivity contribution is 7.98. The van der Waals surface area contributed by atoms with Crippen LogP contribution in [0.25, 0.3) is 11.3 Å². The van der Waals surface area contributed by atoms with Crippen LogP contribution in [0.5, 0.6) is 0 Å². The second-order valence-electron chi connectivity index (χ2n) is 4.43. The van der Waals surface area contributed by atoms with Crippen molar-refractivity contribution in [3.8, 4) is 11.3 Å².